The molecule has 4 unspecified atom stereocenters. The van der Waals surface area contributed by atoms with Crippen molar-refractivity contribution < 1.29 is 33.3 Å². The van der Waals surface area contributed by atoms with Crippen LogP contribution >= 0.6 is 0 Å². The first-order valence-corrected chi connectivity index (χ1v) is 6.28. The molecule has 2 aliphatic heterocycles. The van der Waals surface area contributed by atoms with E-state index < -0.39 is 24.1 Å². The molecule has 0 amide bonds. The van der Waals surface area contributed by atoms with Crippen LogP contribution in [0.5, 0.6) is 0 Å². The van der Waals surface area contributed by atoms with Gasteiger partial charge in [-0.2, -0.15) is 0 Å². The summed E-state index contributed by atoms with van der Waals surface area (Å²) in [6.07, 6.45) is -1.61. The smallest absolute Gasteiger partial charge is 0.347 e. The number of rotatable bonds is 8. The monoisotopic (exact) mass is 274 g/mol. The van der Waals surface area contributed by atoms with Crippen LogP contribution in [-0.2, 0) is 33.3 Å². The fourth-order valence-corrected chi connectivity index (χ4v) is 1.26. The molecule has 2 saturated heterocycles. The highest BCUT2D eigenvalue weighted by Gasteiger charge is 2.29. The largest absolute Gasteiger partial charge is 0.460 e. The Morgan fingerprint density at radius 3 is 2.21 bits per heavy atom. The number of ether oxygens (including phenoxy) is 5. The van der Waals surface area contributed by atoms with Crippen molar-refractivity contribution in [3.63, 3.8) is 0 Å². The average molecular weight is 274 g/mol. The summed E-state index contributed by atoms with van der Waals surface area (Å²) >= 11 is 0. The molecule has 108 valence electrons. The zero-order chi connectivity index (χ0) is 13.8. The molecular formula is C12H18O7. The Bertz CT molecular complexity index is 335. The van der Waals surface area contributed by atoms with Crippen molar-refractivity contribution in [2.45, 2.75) is 38.3 Å². The number of epoxide rings is 2. The first-order chi connectivity index (χ1) is 9.06. The fraction of sp³-hybridized carbons (Fsp3) is 0.833. The minimum absolute atomic E-state index is 0.00681. The summed E-state index contributed by atoms with van der Waals surface area (Å²) in [6.45, 7) is 4.86. The molecule has 7 nitrogen and oxygen atoms in total. The summed E-state index contributed by atoms with van der Waals surface area (Å²) in [4.78, 5) is 23.1. The molecule has 2 aliphatic rings. The van der Waals surface area contributed by atoms with E-state index in [0.29, 0.717) is 19.8 Å². The Labute approximate surface area is 111 Å². The topological polar surface area (TPSA) is 86.9 Å². The lowest BCUT2D eigenvalue weighted by Gasteiger charge is -2.16. The minimum atomic E-state index is -0.950. The molecule has 0 aromatic heterocycles. The van der Waals surface area contributed by atoms with Crippen molar-refractivity contribution in [2.24, 2.45) is 0 Å². The Balaban J connectivity index is 1.62. The van der Waals surface area contributed by atoms with Crippen LogP contribution in [0.2, 0.25) is 0 Å². The average Bonchev–Trinajstić information content (AvgIpc) is 3.27. The van der Waals surface area contributed by atoms with E-state index >= 15 is 0 Å². The van der Waals surface area contributed by atoms with Gasteiger partial charge in [0.05, 0.1) is 19.8 Å². The predicted octanol–water partition coefficient (Wildman–Crippen LogP) is -0.336. The van der Waals surface area contributed by atoms with Crippen molar-refractivity contribution in [1.29, 1.82) is 0 Å². The van der Waals surface area contributed by atoms with E-state index in [9.17, 15) is 9.59 Å². The van der Waals surface area contributed by atoms with Crippen molar-refractivity contribution in [3.05, 3.63) is 0 Å². The van der Waals surface area contributed by atoms with E-state index in [1.165, 1.54) is 6.92 Å². The van der Waals surface area contributed by atoms with Crippen LogP contribution < -0.4 is 0 Å². The molecule has 4 atom stereocenters. The molecule has 0 saturated carbocycles. The quantitative estimate of drug-likeness (QED) is 0.442. The van der Waals surface area contributed by atoms with Gasteiger partial charge in [-0.25, -0.2) is 9.59 Å². The first kappa shape index (κ1) is 14.2. The summed E-state index contributed by atoms with van der Waals surface area (Å²) in [5, 5.41) is 0. The Morgan fingerprint density at radius 2 is 1.63 bits per heavy atom. The van der Waals surface area contributed by atoms with Crippen LogP contribution in [0.4, 0.5) is 0 Å². The fourth-order valence-electron chi connectivity index (χ4n) is 1.26. The van der Waals surface area contributed by atoms with Gasteiger partial charge in [-0.05, 0) is 13.8 Å². The van der Waals surface area contributed by atoms with E-state index in [-0.39, 0.29) is 18.8 Å². The molecule has 0 aromatic carbocycles. The van der Waals surface area contributed by atoms with Crippen LogP contribution in [0.15, 0.2) is 0 Å². The first-order valence-electron chi connectivity index (χ1n) is 6.28. The molecule has 19 heavy (non-hydrogen) atoms. The number of hydrogen-bond donors (Lipinski definition) is 0. The highest BCUT2D eigenvalue weighted by atomic mass is 16.6. The van der Waals surface area contributed by atoms with E-state index in [0.717, 1.165) is 0 Å². The molecule has 7 heteroatoms. The van der Waals surface area contributed by atoms with E-state index in [2.05, 4.69) is 0 Å². The van der Waals surface area contributed by atoms with Crippen LogP contribution in [0.1, 0.15) is 13.8 Å². The van der Waals surface area contributed by atoms with Gasteiger partial charge >= 0.3 is 11.9 Å². The van der Waals surface area contributed by atoms with Crippen LogP contribution in [0.3, 0.4) is 0 Å². The van der Waals surface area contributed by atoms with Gasteiger partial charge in [-0.15, -0.1) is 0 Å². The summed E-state index contributed by atoms with van der Waals surface area (Å²) in [5.41, 5.74) is 0. The summed E-state index contributed by atoms with van der Waals surface area (Å²) in [7, 11) is 0. The van der Waals surface area contributed by atoms with E-state index in [1.807, 2.05) is 0 Å². The number of hydrogen-bond acceptors (Lipinski definition) is 7. The highest BCUT2D eigenvalue weighted by Crippen LogP contribution is 2.12. The normalized spacial score (nSPS) is 27.3. The van der Waals surface area contributed by atoms with Crippen molar-refractivity contribution in [3.8, 4) is 0 Å². The molecule has 0 bridgehead atoms. The van der Waals surface area contributed by atoms with Crippen LogP contribution in [0, 0.1) is 0 Å². The molecule has 0 N–H and O–H groups in total. The van der Waals surface area contributed by atoms with Crippen molar-refractivity contribution in [2.75, 3.05) is 26.4 Å². The second-order valence-electron chi connectivity index (χ2n) is 4.60. The third-order valence-electron chi connectivity index (χ3n) is 2.71. The molecule has 0 spiro atoms. The Morgan fingerprint density at radius 1 is 1.05 bits per heavy atom. The maximum atomic E-state index is 11.6. The molecule has 2 fully saturated rings. The number of carbonyl (C=O) groups is 2. The van der Waals surface area contributed by atoms with Crippen LogP contribution in [0.25, 0.3) is 0 Å². The van der Waals surface area contributed by atoms with Crippen molar-refractivity contribution >= 4 is 11.9 Å². The Kier molecular flexibility index (Phi) is 4.73. The minimum Gasteiger partial charge on any atom is -0.460 e. The molecule has 0 radical (unpaired) electrons. The molecule has 2 heterocycles. The molecule has 0 aliphatic carbocycles. The molecular weight excluding hydrogens is 256 g/mol. The molecule has 2 rings (SSSR count). The Hall–Kier alpha value is -1.18. The summed E-state index contributed by atoms with van der Waals surface area (Å²) in [5.74, 6) is -1.17. The van der Waals surface area contributed by atoms with Gasteiger partial charge in [0.2, 0.25) is 0 Å². The zero-order valence-corrected chi connectivity index (χ0v) is 11.0. The summed E-state index contributed by atoms with van der Waals surface area (Å²) < 4.78 is 25.0. The highest BCUT2D eigenvalue weighted by molar-refractivity contribution is 5.80. The van der Waals surface area contributed by atoms with E-state index in [1.54, 1.807) is 6.92 Å². The standard InChI is InChI=1S/C12H18O7/c1-7(15-3-9-4-16-9)12(14)19-8(2)11(13)18-6-10-5-17-10/h7-10H,3-6H2,1-2H3. The van der Waals surface area contributed by atoms with Gasteiger partial charge in [0.1, 0.15) is 18.8 Å². The second-order valence-corrected chi connectivity index (χ2v) is 4.60. The van der Waals surface area contributed by atoms with Gasteiger partial charge < -0.3 is 23.7 Å². The summed E-state index contributed by atoms with van der Waals surface area (Å²) in [6, 6.07) is 0. The SMILES string of the molecule is CC(OCC1CO1)C(=O)OC(C)C(=O)OCC1CO1. The van der Waals surface area contributed by atoms with Crippen LogP contribution in [-0.4, -0.2) is 62.8 Å². The molecule has 0 aromatic rings. The number of esters is 2. The van der Waals surface area contributed by atoms with Gasteiger partial charge in [-0.1, -0.05) is 0 Å². The lowest BCUT2D eigenvalue weighted by Crippen LogP contribution is -2.33. The third kappa shape index (κ3) is 5.14. The second kappa shape index (κ2) is 6.31. The van der Waals surface area contributed by atoms with Gasteiger partial charge in [0, 0.05) is 0 Å². The maximum Gasteiger partial charge on any atom is 0.347 e. The van der Waals surface area contributed by atoms with Gasteiger partial charge in [-0.3, -0.25) is 0 Å². The van der Waals surface area contributed by atoms with Gasteiger partial charge in [0.25, 0.3) is 0 Å². The lowest BCUT2D eigenvalue weighted by molar-refractivity contribution is -0.173. The predicted molar refractivity (Wildman–Crippen MR) is 61.4 cm³/mol. The third-order valence-corrected chi connectivity index (χ3v) is 2.71. The number of carbonyl (C=O) groups excluding carboxylic acids is 2. The van der Waals surface area contributed by atoms with Crippen molar-refractivity contribution in [1.82, 2.24) is 0 Å². The van der Waals surface area contributed by atoms with Gasteiger partial charge in [0.15, 0.2) is 12.2 Å². The zero-order valence-electron chi connectivity index (χ0n) is 11.0. The lowest BCUT2D eigenvalue weighted by atomic mass is 10.3. The van der Waals surface area contributed by atoms with E-state index in [4.69, 9.17) is 23.7 Å². The maximum absolute atomic E-state index is 11.6.